The second kappa shape index (κ2) is 8.30. The highest BCUT2D eigenvalue weighted by molar-refractivity contribution is 5.82. The molecule has 120 valence electrons. The van der Waals surface area contributed by atoms with Crippen LogP contribution in [-0.4, -0.2) is 16.0 Å². The lowest BCUT2D eigenvalue weighted by Crippen LogP contribution is -2.30. The molecule has 0 bridgehead atoms. The molecule has 2 N–H and O–H groups in total. The van der Waals surface area contributed by atoms with Gasteiger partial charge in [-0.15, -0.1) is 0 Å². The fourth-order valence-corrected chi connectivity index (χ4v) is 2.95. The van der Waals surface area contributed by atoms with Gasteiger partial charge in [0.25, 0.3) is 0 Å². The molecule has 0 spiro atoms. The maximum atomic E-state index is 10.2. The van der Waals surface area contributed by atoms with E-state index in [9.17, 15) is 10.2 Å². The van der Waals surface area contributed by atoms with Crippen LogP contribution in [0, 0.1) is 0 Å². The zero-order valence-electron chi connectivity index (χ0n) is 13.6. The quantitative estimate of drug-likeness (QED) is 0.515. The van der Waals surface area contributed by atoms with Gasteiger partial charge in [0.2, 0.25) is 0 Å². The molecule has 22 heavy (non-hydrogen) atoms. The van der Waals surface area contributed by atoms with Gasteiger partial charge in [-0.25, -0.2) is 0 Å². The lowest BCUT2D eigenvalue weighted by Gasteiger charge is -2.22. The van der Waals surface area contributed by atoms with Crippen LogP contribution in [0.2, 0.25) is 0 Å². The van der Waals surface area contributed by atoms with Crippen molar-refractivity contribution in [3.63, 3.8) is 0 Å². The van der Waals surface area contributed by atoms with E-state index in [1.54, 1.807) is 0 Å². The number of unbranched alkanes of at least 4 members (excludes halogenated alkanes) is 5. The van der Waals surface area contributed by atoms with Crippen LogP contribution >= 0.6 is 0 Å². The number of fused-ring (bicyclic) bond motifs is 1. The summed E-state index contributed by atoms with van der Waals surface area (Å²) in [6.07, 6.45) is 7.68. The molecule has 2 aromatic carbocycles. The van der Waals surface area contributed by atoms with Crippen LogP contribution in [0.25, 0.3) is 10.8 Å². The normalized spacial score (nSPS) is 12.0. The Morgan fingerprint density at radius 2 is 1.50 bits per heavy atom. The molecule has 2 heteroatoms. The zero-order valence-corrected chi connectivity index (χ0v) is 13.6. The van der Waals surface area contributed by atoms with E-state index in [-0.39, 0.29) is 0 Å². The smallest absolute Gasteiger partial charge is 0.166 e. The lowest BCUT2D eigenvalue weighted by atomic mass is 9.97. The van der Waals surface area contributed by atoms with Gasteiger partial charge in [0.05, 0.1) is 0 Å². The Hall–Kier alpha value is -1.38. The van der Waals surface area contributed by atoms with Crippen LogP contribution in [0.4, 0.5) is 0 Å². The topological polar surface area (TPSA) is 40.5 Å². The number of hydrogen-bond acceptors (Lipinski definition) is 2. The van der Waals surface area contributed by atoms with Gasteiger partial charge >= 0.3 is 0 Å². The van der Waals surface area contributed by atoms with Crippen LogP contribution in [-0.2, 0) is 6.42 Å². The van der Waals surface area contributed by atoms with Crippen molar-refractivity contribution in [2.75, 3.05) is 0 Å². The van der Waals surface area contributed by atoms with Gasteiger partial charge in [-0.3, -0.25) is 0 Å². The summed E-state index contributed by atoms with van der Waals surface area (Å²) in [5, 5.41) is 22.7. The second-order valence-electron chi connectivity index (χ2n) is 6.36. The van der Waals surface area contributed by atoms with Crippen molar-refractivity contribution in [2.24, 2.45) is 0 Å². The molecule has 0 aliphatic carbocycles. The molecular weight excluding hydrogens is 272 g/mol. The minimum atomic E-state index is -1.59. The maximum Gasteiger partial charge on any atom is 0.166 e. The molecule has 2 nitrogen and oxygen atoms in total. The zero-order chi connectivity index (χ0) is 15.8. The molecule has 0 fully saturated rings. The van der Waals surface area contributed by atoms with Gasteiger partial charge in [0, 0.05) is 12.8 Å². The lowest BCUT2D eigenvalue weighted by molar-refractivity contribution is -0.164. The van der Waals surface area contributed by atoms with Crippen molar-refractivity contribution in [1.82, 2.24) is 0 Å². The molecule has 2 aromatic rings. The molecule has 0 amide bonds. The Balaban J connectivity index is 1.84. The van der Waals surface area contributed by atoms with E-state index in [0.717, 1.165) is 23.8 Å². The minimum absolute atomic E-state index is 0.298. The average Bonchev–Trinajstić information content (AvgIpc) is 2.50. The Bertz CT molecular complexity index is 575. The van der Waals surface area contributed by atoms with Gasteiger partial charge in [-0.05, 0) is 22.8 Å². The highest BCUT2D eigenvalue weighted by atomic mass is 16.5. The molecule has 0 saturated carbocycles. The number of rotatable bonds is 9. The second-order valence-corrected chi connectivity index (χ2v) is 6.36. The van der Waals surface area contributed by atoms with Crippen LogP contribution in [0.5, 0.6) is 0 Å². The fourth-order valence-electron chi connectivity index (χ4n) is 2.95. The summed E-state index contributed by atoms with van der Waals surface area (Å²) in [7, 11) is 0. The van der Waals surface area contributed by atoms with E-state index in [0.29, 0.717) is 12.8 Å². The highest BCUT2D eigenvalue weighted by Gasteiger charge is 2.22. The van der Waals surface area contributed by atoms with Gasteiger partial charge in [-0.1, -0.05) is 81.5 Å². The molecule has 0 heterocycles. The largest absolute Gasteiger partial charge is 0.365 e. The van der Waals surface area contributed by atoms with Gasteiger partial charge in [0.1, 0.15) is 0 Å². The van der Waals surface area contributed by atoms with Crippen LogP contribution in [0.3, 0.4) is 0 Å². The van der Waals surface area contributed by atoms with E-state index >= 15 is 0 Å². The van der Waals surface area contributed by atoms with Crippen molar-refractivity contribution < 1.29 is 10.2 Å². The number of hydrogen-bond donors (Lipinski definition) is 2. The fraction of sp³-hybridized carbons (Fsp3) is 0.500. The monoisotopic (exact) mass is 300 g/mol. The molecule has 0 aromatic heterocycles. The molecular formula is C20H28O2. The third-order valence-electron chi connectivity index (χ3n) is 4.23. The van der Waals surface area contributed by atoms with E-state index in [1.807, 2.05) is 24.3 Å². The van der Waals surface area contributed by atoms with E-state index < -0.39 is 5.79 Å². The Morgan fingerprint density at radius 3 is 2.27 bits per heavy atom. The molecule has 0 saturated heterocycles. The first-order valence-electron chi connectivity index (χ1n) is 8.53. The highest BCUT2D eigenvalue weighted by Crippen LogP contribution is 2.22. The third-order valence-corrected chi connectivity index (χ3v) is 4.23. The molecule has 0 unspecified atom stereocenters. The van der Waals surface area contributed by atoms with Crippen molar-refractivity contribution in [1.29, 1.82) is 0 Å². The van der Waals surface area contributed by atoms with E-state index in [2.05, 4.69) is 25.1 Å². The van der Waals surface area contributed by atoms with Gasteiger partial charge in [-0.2, -0.15) is 0 Å². The van der Waals surface area contributed by atoms with E-state index in [4.69, 9.17) is 0 Å². The summed E-state index contributed by atoms with van der Waals surface area (Å²) in [4.78, 5) is 0. The standard InChI is InChI=1S/C20H28O2/c1-2-3-4-5-6-9-14-20(21,22)16-17-12-13-18-10-7-8-11-19(18)15-17/h7-8,10-13,15,21-22H,2-6,9,14,16H2,1H3. The Morgan fingerprint density at radius 1 is 0.818 bits per heavy atom. The first-order chi connectivity index (χ1) is 10.6. The van der Waals surface area contributed by atoms with Gasteiger partial charge < -0.3 is 10.2 Å². The molecule has 0 aliphatic rings. The van der Waals surface area contributed by atoms with Crippen molar-refractivity contribution in [2.45, 2.75) is 64.1 Å². The Labute approximate surface area is 133 Å². The summed E-state index contributed by atoms with van der Waals surface area (Å²) in [6.45, 7) is 2.20. The average molecular weight is 300 g/mol. The summed E-state index contributed by atoms with van der Waals surface area (Å²) in [5.74, 6) is -1.59. The van der Waals surface area contributed by atoms with Gasteiger partial charge in [0.15, 0.2) is 5.79 Å². The van der Waals surface area contributed by atoms with Crippen molar-refractivity contribution >= 4 is 10.8 Å². The number of benzene rings is 2. The summed E-state index contributed by atoms with van der Waals surface area (Å²) in [6, 6.07) is 14.2. The Kier molecular flexibility index (Phi) is 6.41. The molecule has 0 atom stereocenters. The first-order valence-corrected chi connectivity index (χ1v) is 8.53. The van der Waals surface area contributed by atoms with Crippen molar-refractivity contribution in [3.8, 4) is 0 Å². The van der Waals surface area contributed by atoms with Crippen LogP contribution < -0.4 is 0 Å². The SMILES string of the molecule is CCCCCCCCC(O)(O)Cc1ccc2ccccc2c1. The third kappa shape index (κ3) is 5.43. The predicted molar refractivity (Wildman–Crippen MR) is 92.8 cm³/mol. The minimum Gasteiger partial charge on any atom is -0.365 e. The summed E-state index contributed by atoms with van der Waals surface area (Å²) < 4.78 is 0. The molecule has 2 rings (SSSR count). The van der Waals surface area contributed by atoms with E-state index in [1.165, 1.54) is 31.1 Å². The first kappa shape index (κ1) is 17.0. The summed E-state index contributed by atoms with van der Waals surface area (Å²) >= 11 is 0. The maximum absolute atomic E-state index is 10.2. The summed E-state index contributed by atoms with van der Waals surface area (Å²) in [5.41, 5.74) is 0.981. The molecule has 0 aliphatic heterocycles. The number of aliphatic hydroxyl groups is 2. The van der Waals surface area contributed by atoms with Crippen LogP contribution in [0.15, 0.2) is 42.5 Å². The molecule has 0 radical (unpaired) electrons. The van der Waals surface area contributed by atoms with Crippen molar-refractivity contribution in [3.05, 3.63) is 48.0 Å². The van der Waals surface area contributed by atoms with Crippen LogP contribution in [0.1, 0.15) is 57.4 Å². The predicted octanol–water partition coefficient (Wildman–Crippen LogP) is 4.81.